The third kappa shape index (κ3) is 5.10. The number of benzene rings is 2. The lowest BCUT2D eigenvalue weighted by Crippen LogP contribution is -2.52. The molecule has 162 valence electrons. The smallest absolute Gasteiger partial charge is 0.408 e. The Labute approximate surface area is 179 Å². The van der Waals surface area contributed by atoms with E-state index in [4.69, 9.17) is 4.42 Å². The number of Topliss-reactive ketones (excluding diaryl/α,β-unsaturated/α-hetero) is 1. The molecule has 2 N–H and O–H groups in total. The van der Waals surface area contributed by atoms with Crippen LogP contribution in [0.4, 0.5) is 0 Å². The first kappa shape index (κ1) is 21.0. The van der Waals surface area contributed by atoms with E-state index in [1.807, 2.05) is 30.3 Å². The molecular formula is C23H25N3O5. The summed E-state index contributed by atoms with van der Waals surface area (Å²) in [6, 6.07) is 14.4. The molecule has 4 rings (SSSR count). The number of aromatic amines is 1. The topological polar surface area (TPSA) is 107 Å². The van der Waals surface area contributed by atoms with Crippen LogP contribution in [0.5, 0.6) is 0 Å². The van der Waals surface area contributed by atoms with E-state index in [-0.39, 0.29) is 11.7 Å². The molecule has 1 amide bonds. The van der Waals surface area contributed by atoms with Gasteiger partial charge in [-0.15, -0.1) is 0 Å². The van der Waals surface area contributed by atoms with Crippen LogP contribution in [-0.2, 0) is 11.2 Å². The highest BCUT2D eigenvalue weighted by Gasteiger charge is 2.26. The number of amides is 1. The number of aliphatic hydroxyl groups is 1. The molecule has 1 aliphatic heterocycles. The summed E-state index contributed by atoms with van der Waals surface area (Å²) in [6.45, 7) is 2.95. The number of carbonyl (C=O) groups excluding carboxylic acids is 2. The maximum Gasteiger partial charge on any atom is 0.417 e. The van der Waals surface area contributed by atoms with Crippen molar-refractivity contribution in [1.82, 2.24) is 14.8 Å². The zero-order valence-electron chi connectivity index (χ0n) is 17.1. The minimum Gasteiger partial charge on any atom is -0.408 e. The molecule has 1 atom stereocenters. The lowest BCUT2D eigenvalue weighted by Gasteiger charge is -2.35. The second-order valence-corrected chi connectivity index (χ2v) is 7.77. The van der Waals surface area contributed by atoms with Gasteiger partial charge < -0.3 is 14.4 Å². The molecule has 0 bridgehead atoms. The average Bonchev–Trinajstić information content (AvgIpc) is 3.17. The van der Waals surface area contributed by atoms with Crippen LogP contribution in [0.2, 0.25) is 0 Å². The number of H-pyrrole nitrogens is 1. The number of oxazole rings is 1. The highest BCUT2D eigenvalue weighted by Crippen LogP contribution is 2.15. The van der Waals surface area contributed by atoms with Gasteiger partial charge in [0.25, 0.3) is 5.91 Å². The van der Waals surface area contributed by atoms with Crippen LogP contribution in [0.1, 0.15) is 22.3 Å². The summed E-state index contributed by atoms with van der Waals surface area (Å²) in [5.41, 5.74) is 2.37. The van der Waals surface area contributed by atoms with Crippen molar-refractivity contribution in [3.63, 3.8) is 0 Å². The number of piperazine rings is 1. The zero-order valence-corrected chi connectivity index (χ0v) is 17.1. The van der Waals surface area contributed by atoms with Crippen molar-refractivity contribution < 1.29 is 19.1 Å². The number of fused-ring (bicyclic) bond motifs is 1. The van der Waals surface area contributed by atoms with Crippen molar-refractivity contribution in [3.05, 3.63) is 70.2 Å². The molecule has 1 unspecified atom stereocenters. The summed E-state index contributed by atoms with van der Waals surface area (Å²) in [7, 11) is 0. The average molecular weight is 423 g/mol. The van der Waals surface area contributed by atoms with Crippen LogP contribution < -0.4 is 5.76 Å². The van der Waals surface area contributed by atoms with Gasteiger partial charge in [-0.3, -0.25) is 19.5 Å². The molecule has 8 nitrogen and oxygen atoms in total. The SMILES string of the molecule is O=C(CCN1CCN(C(=O)C(O)Cc2ccccc2)CC1)c1ccc2[nH]c(=O)oc2c1. The fourth-order valence-corrected chi connectivity index (χ4v) is 3.85. The molecule has 0 radical (unpaired) electrons. The van der Waals surface area contributed by atoms with Gasteiger partial charge in [0.15, 0.2) is 11.4 Å². The lowest BCUT2D eigenvalue weighted by atomic mass is 10.1. The Kier molecular flexibility index (Phi) is 6.29. The van der Waals surface area contributed by atoms with E-state index in [1.54, 1.807) is 23.1 Å². The largest absolute Gasteiger partial charge is 0.417 e. The van der Waals surface area contributed by atoms with Gasteiger partial charge in [-0.05, 0) is 23.8 Å². The van der Waals surface area contributed by atoms with Gasteiger partial charge in [-0.2, -0.15) is 0 Å². The van der Waals surface area contributed by atoms with Crippen LogP contribution in [-0.4, -0.2) is 70.4 Å². The fourth-order valence-electron chi connectivity index (χ4n) is 3.85. The number of hydrogen-bond acceptors (Lipinski definition) is 6. The Morgan fingerprint density at radius 3 is 2.55 bits per heavy atom. The summed E-state index contributed by atoms with van der Waals surface area (Å²) < 4.78 is 5.01. The summed E-state index contributed by atoms with van der Waals surface area (Å²) >= 11 is 0. The molecule has 2 aromatic carbocycles. The van der Waals surface area contributed by atoms with Crippen molar-refractivity contribution in [2.45, 2.75) is 18.9 Å². The first-order valence-corrected chi connectivity index (χ1v) is 10.4. The first-order chi connectivity index (χ1) is 15.0. The Bertz CT molecular complexity index is 1110. The number of ketones is 1. The van der Waals surface area contributed by atoms with E-state index >= 15 is 0 Å². The third-order valence-corrected chi connectivity index (χ3v) is 5.64. The maximum atomic E-state index is 12.5. The Morgan fingerprint density at radius 2 is 1.81 bits per heavy atom. The van der Waals surface area contributed by atoms with E-state index in [2.05, 4.69) is 9.88 Å². The first-order valence-electron chi connectivity index (χ1n) is 10.4. The van der Waals surface area contributed by atoms with E-state index in [0.717, 1.165) is 5.56 Å². The van der Waals surface area contributed by atoms with E-state index < -0.39 is 11.9 Å². The monoisotopic (exact) mass is 423 g/mol. The highest BCUT2D eigenvalue weighted by molar-refractivity contribution is 5.98. The van der Waals surface area contributed by atoms with Gasteiger partial charge >= 0.3 is 5.76 Å². The van der Waals surface area contributed by atoms with Crippen molar-refractivity contribution in [2.75, 3.05) is 32.7 Å². The van der Waals surface area contributed by atoms with Gasteiger partial charge in [0.2, 0.25) is 0 Å². The Balaban J connectivity index is 1.24. The predicted molar refractivity (Wildman–Crippen MR) is 115 cm³/mol. The molecule has 3 aromatic rings. The normalized spacial score (nSPS) is 15.8. The van der Waals surface area contributed by atoms with Gasteiger partial charge in [0, 0.05) is 51.1 Å². The predicted octanol–water partition coefficient (Wildman–Crippen LogP) is 1.44. The van der Waals surface area contributed by atoms with Crippen molar-refractivity contribution >= 4 is 22.8 Å². The van der Waals surface area contributed by atoms with E-state index in [9.17, 15) is 19.5 Å². The molecule has 0 spiro atoms. The summed E-state index contributed by atoms with van der Waals surface area (Å²) in [6.07, 6.45) is -0.399. The van der Waals surface area contributed by atoms with Gasteiger partial charge in [-0.25, -0.2) is 4.79 Å². The molecule has 8 heteroatoms. The maximum absolute atomic E-state index is 12.5. The van der Waals surface area contributed by atoms with Crippen molar-refractivity contribution in [3.8, 4) is 0 Å². The van der Waals surface area contributed by atoms with Crippen LogP contribution in [0.25, 0.3) is 11.1 Å². The molecule has 2 heterocycles. The number of aliphatic hydroxyl groups excluding tert-OH is 1. The van der Waals surface area contributed by atoms with Crippen LogP contribution in [0, 0.1) is 0 Å². The van der Waals surface area contributed by atoms with Crippen molar-refractivity contribution in [2.24, 2.45) is 0 Å². The lowest BCUT2D eigenvalue weighted by molar-refractivity contribution is -0.141. The molecule has 1 fully saturated rings. The number of nitrogens with one attached hydrogen (secondary N) is 1. The molecule has 0 aliphatic carbocycles. The standard InChI is InChI=1S/C23H25N3O5/c27-19(17-6-7-18-21(15-17)31-23(30)24-18)8-9-25-10-12-26(13-11-25)22(29)20(28)14-16-4-2-1-3-5-16/h1-7,15,20,28H,8-14H2,(H,24,30). The quantitative estimate of drug-likeness (QED) is 0.557. The molecule has 1 aromatic heterocycles. The number of carbonyl (C=O) groups is 2. The number of hydrogen-bond donors (Lipinski definition) is 2. The zero-order chi connectivity index (χ0) is 21.8. The minimum atomic E-state index is -1.04. The van der Waals surface area contributed by atoms with Crippen molar-refractivity contribution in [1.29, 1.82) is 0 Å². The summed E-state index contributed by atoms with van der Waals surface area (Å²) in [5.74, 6) is -0.815. The molecule has 0 saturated carbocycles. The fraction of sp³-hybridized carbons (Fsp3) is 0.348. The molecular weight excluding hydrogens is 398 g/mol. The summed E-state index contributed by atoms with van der Waals surface area (Å²) in [4.78, 5) is 42.7. The Morgan fingerprint density at radius 1 is 1.06 bits per heavy atom. The second-order valence-electron chi connectivity index (χ2n) is 7.77. The van der Waals surface area contributed by atoms with Crippen LogP contribution in [0.3, 0.4) is 0 Å². The number of nitrogens with zero attached hydrogens (tertiary/aromatic N) is 2. The van der Waals surface area contributed by atoms with E-state index in [1.165, 1.54) is 0 Å². The minimum absolute atomic E-state index is 0.0254. The van der Waals surface area contributed by atoms with Gasteiger partial charge in [-0.1, -0.05) is 30.3 Å². The summed E-state index contributed by atoms with van der Waals surface area (Å²) in [5, 5.41) is 10.3. The van der Waals surface area contributed by atoms with Crippen LogP contribution >= 0.6 is 0 Å². The third-order valence-electron chi connectivity index (χ3n) is 5.64. The molecule has 1 aliphatic rings. The van der Waals surface area contributed by atoms with Crippen LogP contribution in [0.15, 0.2) is 57.7 Å². The highest BCUT2D eigenvalue weighted by atomic mass is 16.4. The molecule has 1 saturated heterocycles. The van der Waals surface area contributed by atoms with Gasteiger partial charge in [0.05, 0.1) is 5.52 Å². The molecule has 31 heavy (non-hydrogen) atoms. The number of aromatic nitrogens is 1. The second kappa shape index (κ2) is 9.28. The van der Waals surface area contributed by atoms with E-state index in [0.29, 0.717) is 62.2 Å². The number of rotatable bonds is 7. The van der Waals surface area contributed by atoms with Gasteiger partial charge in [0.1, 0.15) is 6.10 Å². The Hall–Kier alpha value is -3.23.